The molecule has 3 heteroatoms. The summed E-state index contributed by atoms with van der Waals surface area (Å²) in [4.78, 5) is 13.7. The van der Waals surface area contributed by atoms with Gasteiger partial charge < -0.3 is 10.2 Å². The lowest BCUT2D eigenvalue weighted by atomic mass is 10.1. The van der Waals surface area contributed by atoms with Crippen LogP contribution in [0.15, 0.2) is 0 Å². The fourth-order valence-corrected chi connectivity index (χ4v) is 1.73. The van der Waals surface area contributed by atoms with Crippen molar-refractivity contribution in [1.29, 1.82) is 0 Å². The van der Waals surface area contributed by atoms with E-state index in [2.05, 4.69) is 19.2 Å². The van der Waals surface area contributed by atoms with Gasteiger partial charge in [0.15, 0.2) is 0 Å². The zero-order valence-electron chi connectivity index (χ0n) is 9.38. The Labute approximate surface area is 86.9 Å². The molecule has 1 heterocycles. The molecule has 1 N–H and O–H groups in total. The molecule has 3 nitrogen and oxygen atoms in total. The van der Waals surface area contributed by atoms with Crippen molar-refractivity contribution in [3.05, 3.63) is 0 Å². The molecule has 14 heavy (non-hydrogen) atoms. The summed E-state index contributed by atoms with van der Waals surface area (Å²) in [6, 6.07) is 0. The SMILES string of the molecule is CC(C)CCCC(=O)N1CCNCC1. The van der Waals surface area contributed by atoms with E-state index in [0.29, 0.717) is 11.8 Å². The molecule has 0 aromatic heterocycles. The van der Waals surface area contributed by atoms with Crippen LogP contribution in [-0.4, -0.2) is 37.0 Å². The Hall–Kier alpha value is -0.570. The van der Waals surface area contributed by atoms with E-state index in [1.165, 1.54) is 0 Å². The molecule has 0 atom stereocenters. The van der Waals surface area contributed by atoms with Crippen LogP contribution >= 0.6 is 0 Å². The average molecular weight is 198 g/mol. The average Bonchev–Trinajstić information content (AvgIpc) is 2.18. The third-order valence-corrected chi connectivity index (χ3v) is 2.64. The van der Waals surface area contributed by atoms with E-state index in [9.17, 15) is 4.79 Å². The Morgan fingerprint density at radius 1 is 1.36 bits per heavy atom. The second-order valence-electron chi connectivity index (χ2n) is 4.42. The topological polar surface area (TPSA) is 32.3 Å². The summed E-state index contributed by atoms with van der Waals surface area (Å²) < 4.78 is 0. The molecule has 0 radical (unpaired) electrons. The quantitative estimate of drug-likeness (QED) is 0.737. The lowest BCUT2D eigenvalue weighted by molar-refractivity contribution is -0.131. The lowest BCUT2D eigenvalue weighted by Crippen LogP contribution is -2.46. The smallest absolute Gasteiger partial charge is 0.222 e. The molecule has 0 saturated carbocycles. The molecular weight excluding hydrogens is 176 g/mol. The van der Waals surface area contributed by atoms with Crippen molar-refractivity contribution >= 4 is 5.91 Å². The molecule has 1 amide bonds. The van der Waals surface area contributed by atoms with Crippen LogP contribution in [0, 0.1) is 5.92 Å². The van der Waals surface area contributed by atoms with Gasteiger partial charge in [0.05, 0.1) is 0 Å². The maximum absolute atomic E-state index is 11.7. The third kappa shape index (κ3) is 4.09. The van der Waals surface area contributed by atoms with E-state index in [0.717, 1.165) is 45.4 Å². The predicted molar refractivity (Wildman–Crippen MR) is 58.1 cm³/mol. The second-order valence-corrected chi connectivity index (χ2v) is 4.42. The summed E-state index contributed by atoms with van der Waals surface area (Å²) in [6.45, 7) is 8.09. The highest BCUT2D eigenvalue weighted by atomic mass is 16.2. The van der Waals surface area contributed by atoms with Crippen LogP contribution in [0.25, 0.3) is 0 Å². The first-order valence-electron chi connectivity index (χ1n) is 5.68. The standard InChI is InChI=1S/C11H22N2O/c1-10(2)4-3-5-11(14)13-8-6-12-7-9-13/h10,12H,3-9H2,1-2H3. The molecule has 0 bridgehead atoms. The molecule has 1 aliphatic rings. The van der Waals surface area contributed by atoms with Crippen molar-refractivity contribution in [3.63, 3.8) is 0 Å². The number of carbonyl (C=O) groups is 1. The second kappa shape index (κ2) is 6.02. The number of hydrogen-bond acceptors (Lipinski definition) is 2. The number of hydrogen-bond donors (Lipinski definition) is 1. The van der Waals surface area contributed by atoms with Crippen LogP contribution in [-0.2, 0) is 4.79 Å². The van der Waals surface area contributed by atoms with Gasteiger partial charge in [0, 0.05) is 32.6 Å². The minimum absolute atomic E-state index is 0.340. The van der Waals surface area contributed by atoms with Crippen LogP contribution in [0.4, 0.5) is 0 Å². The highest BCUT2D eigenvalue weighted by Crippen LogP contribution is 2.08. The number of rotatable bonds is 4. The first-order valence-corrected chi connectivity index (χ1v) is 5.68. The monoisotopic (exact) mass is 198 g/mol. The van der Waals surface area contributed by atoms with Gasteiger partial charge in [0.25, 0.3) is 0 Å². The van der Waals surface area contributed by atoms with E-state index < -0.39 is 0 Å². The molecule has 0 unspecified atom stereocenters. The predicted octanol–water partition coefficient (Wildman–Crippen LogP) is 1.24. The van der Waals surface area contributed by atoms with Gasteiger partial charge in [-0.1, -0.05) is 20.3 Å². The van der Waals surface area contributed by atoms with Crippen LogP contribution in [0.1, 0.15) is 33.1 Å². The van der Waals surface area contributed by atoms with Crippen molar-refractivity contribution < 1.29 is 4.79 Å². The molecule has 0 aromatic carbocycles. The Morgan fingerprint density at radius 3 is 2.57 bits per heavy atom. The van der Waals surface area contributed by atoms with Crippen molar-refractivity contribution in [2.45, 2.75) is 33.1 Å². The zero-order chi connectivity index (χ0) is 10.4. The Morgan fingerprint density at radius 2 is 2.00 bits per heavy atom. The molecule has 1 rings (SSSR count). The van der Waals surface area contributed by atoms with Crippen molar-refractivity contribution in [2.24, 2.45) is 5.92 Å². The van der Waals surface area contributed by atoms with Crippen molar-refractivity contribution in [2.75, 3.05) is 26.2 Å². The number of carbonyl (C=O) groups excluding carboxylic acids is 1. The van der Waals surface area contributed by atoms with E-state index >= 15 is 0 Å². The summed E-state index contributed by atoms with van der Waals surface area (Å²) in [7, 11) is 0. The zero-order valence-corrected chi connectivity index (χ0v) is 9.38. The minimum Gasteiger partial charge on any atom is -0.340 e. The number of piperazine rings is 1. The first-order chi connectivity index (χ1) is 6.70. The summed E-state index contributed by atoms with van der Waals surface area (Å²) in [6.07, 6.45) is 2.94. The highest BCUT2D eigenvalue weighted by molar-refractivity contribution is 5.76. The van der Waals surface area contributed by atoms with E-state index in [4.69, 9.17) is 0 Å². The highest BCUT2D eigenvalue weighted by Gasteiger charge is 2.15. The van der Waals surface area contributed by atoms with Gasteiger partial charge in [-0.05, 0) is 12.3 Å². The molecule has 1 aliphatic heterocycles. The molecule has 1 saturated heterocycles. The molecule has 0 spiro atoms. The Kier molecular flexibility index (Phi) is 4.94. The molecule has 82 valence electrons. The van der Waals surface area contributed by atoms with Crippen LogP contribution in [0.3, 0.4) is 0 Å². The number of amides is 1. The Balaban J connectivity index is 2.13. The number of nitrogens with one attached hydrogen (secondary N) is 1. The first kappa shape index (κ1) is 11.5. The summed E-state index contributed by atoms with van der Waals surface area (Å²) in [5, 5.41) is 3.25. The summed E-state index contributed by atoms with van der Waals surface area (Å²) >= 11 is 0. The van der Waals surface area contributed by atoms with Gasteiger partial charge in [0.1, 0.15) is 0 Å². The van der Waals surface area contributed by atoms with Gasteiger partial charge >= 0.3 is 0 Å². The minimum atomic E-state index is 0.340. The summed E-state index contributed by atoms with van der Waals surface area (Å²) in [5.74, 6) is 1.05. The van der Waals surface area contributed by atoms with Crippen LogP contribution < -0.4 is 5.32 Å². The van der Waals surface area contributed by atoms with Gasteiger partial charge in [-0.3, -0.25) is 4.79 Å². The van der Waals surface area contributed by atoms with E-state index in [1.807, 2.05) is 4.90 Å². The fourth-order valence-electron chi connectivity index (χ4n) is 1.73. The molecular formula is C11H22N2O. The van der Waals surface area contributed by atoms with Crippen molar-refractivity contribution in [3.8, 4) is 0 Å². The maximum Gasteiger partial charge on any atom is 0.222 e. The van der Waals surface area contributed by atoms with E-state index in [-0.39, 0.29) is 0 Å². The maximum atomic E-state index is 11.7. The summed E-state index contributed by atoms with van der Waals surface area (Å²) in [5.41, 5.74) is 0. The largest absolute Gasteiger partial charge is 0.340 e. The molecule has 1 fully saturated rings. The van der Waals surface area contributed by atoms with E-state index in [1.54, 1.807) is 0 Å². The van der Waals surface area contributed by atoms with Gasteiger partial charge in [-0.15, -0.1) is 0 Å². The lowest BCUT2D eigenvalue weighted by Gasteiger charge is -2.27. The van der Waals surface area contributed by atoms with Crippen LogP contribution in [0.2, 0.25) is 0 Å². The Bertz CT molecular complexity index is 174. The van der Waals surface area contributed by atoms with Gasteiger partial charge in [-0.2, -0.15) is 0 Å². The van der Waals surface area contributed by atoms with Crippen molar-refractivity contribution in [1.82, 2.24) is 10.2 Å². The van der Waals surface area contributed by atoms with Gasteiger partial charge in [0.2, 0.25) is 5.91 Å². The normalized spacial score (nSPS) is 17.5. The van der Waals surface area contributed by atoms with Gasteiger partial charge in [-0.25, -0.2) is 0 Å². The number of nitrogens with zero attached hydrogens (tertiary/aromatic N) is 1. The fraction of sp³-hybridized carbons (Fsp3) is 0.909. The van der Waals surface area contributed by atoms with Crippen LogP contribution in [0.5, 0.6) is 0 Å². The molecule has 0 aliphatic carbocycles. The third-order valence-electron chi connectivity index (χ3n) is 2.64. The molecule has 0 aromatic rings.